The standard InChI is InChI=1S/C14H25N5O2.HI/c1-6-15-14(16-8-7-13(20)21-5)17-9-12-10(2)18-19(4)11(12)3;/h6-9H2,1-5H3,(H2,15,16,17);1H. The molecule has 0 bridgehead atoms. The normalized spacial score (nSPS) is 10.9. The minimum atomic E-state index is -0.239. The van der Waals surface area contributed by atoms with Gasteiger partial charge in [-0.15, -0.1) is 24.0 Å². The van der Waals surface area contributed by atoms with Crippen LogP contribution in [-0.2, 0) is 23.1 Å². The molecule has 0 amide bonds. The van der Waals surface area contributed by atoms with Gasteiger partial charge in [0.1, 0.15) is 0 Å². The number of nitrogens with zero attached hydrogens (tertiary/aromatic N) is 3. The lowest BCUT2D eigenvalue weighted by atomic mass is 10.2. The van der Waals surface area contributed by atoms with E-state index < -0.39 is 0 Å². The number of nitrogens with one attached hydrogen (secondary N) is 2. The average Bonchev–Trinajstić information content (AvgIpc) is 2.69. The lowest BCUT2D eigenvalue weighted by Crippen LogP contribution is -2.38. The fourth-order valence-electron chi connectivity index (χ4n) is 1.93. The van der Waals surface area contributed by atoms with Crippen LogP contribution >= 0.6 is 24.0 Å². The van der Waals surface area contributed by atoms with E-state index in [0.29, 0.717) is 25.5 Å². The number of carbonyl (C=O) groups excluding carboxylic acids is 1. The summed E-state index contributed by atoms with van der Waals surface area (Å²) in [6, 6.07) is 0. The van der Waals surface area contributed by atoms with Gasteiger partial charge in [-0.1, -0.05) is 0 Å². The largest absolute Gasteiger partial charge is 0.469 e. The first-order valence-electron chi connectivity index (χ1n) is 7.07. The van der Waals surface area contributed by atoms with Crippen molar-refractivity contribution in [3.63, 3.8) is 0 Å². The second-order valence-corrected chi connectivity index (χ2v) is 4.72. The summed E-state index contributed by atoms with van der Waals surface area (Å²) in [5, 5.41) is 10.6. The van der Waals surface area contributed by atoms with E-state index in [1.165, 1.54) is 7.11 Å². The maximum atomic E-state index is 11.1. The number of halogens is 1. The topological polar surface area (TPSA) is 80.5 Å². The van der Waals surface area contributed by atoms with Crippen molar-refractivity contribution in [2.75, 3.05) is 20.2 Å². The first-order valence-corrected chi connectivity index (χ1v) is 7.07. The Morgan fingerprint density at radius 2 is 2.05 bits per heavy atom. The second-order valence-electron chi connectivity index (χ2n) is 4.72. The Balaban J connectivity index is 0.00000441. The summed E-state index contributed by atoms with van der Waals surface area (Å²) in [6.45, 7) is 7.81. The van der Waals surface area contributed by atoms with E-state index in [-0.39, 0.29) is 29.9 Å². The molecule has 0 aromatic carbocycles. The van der Waals surface area contributed by atoms with Crippen molar-refractivity contribution in [2.45, 2.75) is 33.7 Å². The SMILES string of the molecule is CCNC(=NCc1c(C)nn(C)c1C)NCCC(=O)OC.I. The van der Waals surface area contributed by atoms with Gasteiger partial charge in [0.15, 0.2) is 5.96 Å². The van der Waals surface area contributed by atoms with E-state index in [0.717, 1.165) is 23.5 Å². The molecule has 8 heteroatoms. The van der Waals surface area contributed by atoms with Crippen LogP contribution in [0.25, 0.3) is 0 Å². The van der Waals surface area contributed by atoms with Gasteiger partial charge in [-0.25, -0.2) is 4.99 Å². The number of aryl methyl sites for hydroxylation is 2. The number of aromatic nitrogens is 2. The molecule has 0 fully saturated rings. The maximum absolute atomic E-state index is 11.1. The van der Waals surface area contributed by atoms with Crippen LogP contribution in [0.2, 0.25) is 0 Å². The molecule has 0 aliphatic rings. The Kier molecular flexibility index (Phi) is 9.79. The number of aliphatic imine (C=N–C) groups is 1. The van der Waals surface area contributed by atoms with E-state index >= 15 is 0 Å². The number of ether oxygens (including phenoxy) is 1. The zero-order chi connectivity index (χ0) is 15.8. The quantitative estimate of drug-likeness (QED) is 0.312. The van der Waals surface area contributed by atoms with Gasteiger partial charge in [0.25, 0.3) is 0 Å². The molecule has 0 aliphatic carbocycles. The molecule has 0 radical (unpaired) electrons. The number of rotatable bonds is 6. The highest BCUT2D eigenvalue weighted by molar-refractivity contribution is 14.0. The number of guanidine groups is 1. The van der Waals surface area contributed by atoms with Crippen molar-refractivity contribution >= 4 is 35.9 Å². The molecular weight excluding hydrogens is 397 g/mol. The molecule has 22 heavy (non-hydrogen) atoms. The van der Waals surface area contributed by atoms with Crippen LogP contribution in [0.5, 0.6) is 0 Å². The van der Waals surface area contributed by atoms with E-state index in [1.807, 2.05) is 32.5 Å². The van der Waals surface area contributed by atoms with Gasteiger partial charge < -0.3 is 15.4 Å². The number of esters is 1. The summed E-state index contributed by atoms with van der Waals surface area (Å²) in [5.41, 5.74) is 3.23. The zero-order valence-electron chi connectivity index (χ0n) is 13.9. The summed E-state index contributed by atoms with van der Waals surface area (Å²) >= 11 is 0. The molecule has 0 saturated carbocycles. The predicted molar refractivity (Wildman–Crippen MR) is 97.5 cm³/mol. The van der Waals surface area contributed by atoms with Gasteiger partial charge in [0.05, 0.1) is 25.8 Å². The van der Waals surface area contributed by atoms with E-state index in [1.54, 1.807) is 0 Å². The van der Waals surface area contributed by atoms with Gasteiger partial charge in [-0.05, 0) is 20.8 Å². The first-order chi connectivity index (χ1) is 9.99. The molecule has 1 aromatic rings. The van der Waals surface area contributed by atoms with Crippen molar-refractivity contribution in [1.82, 2.24) is 20.4 Å². The number of hydrogen-bond acceptors (Lipinski definition) is 4. The van der Waals surface area contributed by atoms with Crippen molar-refractivity contribution < 1.29 is 9.53 Å². The Morgan fingerprint density at radius 3 is 2.55 bits per heavy atom. The highest BCUT2D eigenvalue weighted by Gasteiger charge is 2.09. The van der Waals surface area contributed by atoms with Crippen LogP contribution in [0.3, 0.4) is 0 Å². The van der Waals surface area contributed by atoms with Crippen LogP contribution in [0.1, 0.15) is 30.3 Å². The van der Waals surface area contributed by atoms with Crippen molar-refractivity contribution in [1.29, 1.82) is 0 Å². The molecule has 0 unspecified atom stereocenters. The van der Waals surface area contributed by atoms with E-state index in [4.69, 9.17) is 0 Å². The fraction of sp³-hybridized carbons (Fsp3) is 0.643. The molecule has 0 saturated heterocycles. The number of carbonyl (C=O) groups is 1. The average molecular weight is 423 g/mol. The monoisotopic (exact) mass is 423 g/mol. The molecule has 1 rings (SSSR count). The molecule has 2 N–H and O–H groups in total. The van der Waals surface area contributed by atoms with Gasteiger partial charge in [0.2, 0.25) is 0 Å². The third kappa shape index (κ3) is 6.20. The van der Waals surface area contributed by atoms with Crippen LogP contribution < -0.4 is 10.6 Å². The highest BCUT2D eigenvalue weighted by Crippen LogP contribution is 2.12. The van der Waals surface area contributed by atoms with E-state index in [2.05, 4.69) is 25.5 Å². The van der Waals surface area contributed by atoms with Crippen LogP contribution in [0.4, 0.5) is 0 Å². The summed E-state index contributed by atoms with van der Waals surface area (Å²) < 4.78 is 6.46. The Bertz CT molecular complexity index is 514. The lowest BCUT2D eigenvalue weighted by molar-refractivity contribution is -0.140. The molecule has 1 heterocycles. The predicted octanol–water partition coefficient (Wildman–Crippen LogP) is 1.27. The van der Waals surface area contributed by atoms with Crippen molar-refractivity contribution in [2.24, 2.45) is 12.0 Å². The molecular formula is C14H26IN5O2. The van der Waals surface area contributed by atoms with Crippen molar-refractivity contribution in [3.05, 3.63) is 17.0 Å². The zero-order valence-corrected chi connectivity index (χ0v) is 16.2. The van der Waals surface area contributed by atoms with Gasteiger partial charge in [0, 0.05) is 31.4 Å². The Morgan fingerprint density at radius 1 is 1.36 bits per heavy atom. The first kappa shape index (κ1) is 20.7. The minimum absolute atomic E-state index is 0. The van der Waals surface area contributed by atoms with Crippen LogP contribution in [0.15, 0.2) is 4.99 Å². The van der Waals surface area contributed by atoms with Gasteiger partial charge in [-0.2, -0.15) is 5.10 Å². The Hall–Kier alpha value is -1.32. The Labute approximate surface area is 148 Å². The molecule has 7 nitrogen and oxygen atoms in total. The third-order valence-corrected chi connectivity index (χ3v) is 3.25. The minimum Gasteiger partial charge on any atom is -0.469 e. The number of methoxy groups -OCH3 is 1. The smallest absolute Gasteiger partial charge is 0.307 e. The van der Waals surface area contributed by atoms with E-state index in [9.17, 15) is 4.79 Å². The van der Waals surface area contributed by atoms with Crippen LogP contribution in [0, 0.1) is 13.8 Å². The maximum Gasteiger partial charge on any atom is 0.307 e. The number of hydrogen-bond donors (Lipinski definition) is 2. The fourth-order valence-corrected chi connectivity index (χ4v) is 1.93. The molecule has 1 aromatic heterocycles. The molecule has 0 aliphatic heterocycles. The summed E-state index contributed by atoms with van der Waals surface area (Å²) in [4.78, 5) is 15.6. The second kappa shape index (κ2) is 10.4. The molecule has 0 spiro atoms. The summed E-state index contributed by atoms with van der Waals surface area (Å²) in [7, 11) is 3.31. The summed E-state index contributed by atoms with van der Waals surface area (Å²) in [5.74, 6) is 0.446. The van der Waals surface area contributed by atoms with Gasteiger partial charge in [-0.3, -0.25) is 9.48 Å². The van der Waals surface area contributed by atoms with Crippen molar-refractivity contribution in [3.8, 4) is 0 Å². The van der Waals surface area contributed by atoms with Crippen LogP contribution in [-0.4, -0.2) is 41.9 Å². The molecule has 126 valence electrons. The highest BCUT2D eigenvalue weighted by atomic mass is 127. The summed E-state index contributed by atoms with van der Waals surface area (Å²) in [6.07, 6.45) is 0.311. The third-order valence-electron chi connectivity index (χ3n) is 3.25. The molecule has 0 atom stereocenters. The van der Waals surface area contributed by atoms with Gasteiger partial charge >= 0.3 is 5.97 Å². The lowest BCUT2D eigenvalue weighted by Gasteiger charge is -2.10.